The molecule has 1 aromatic carbocycles. The Kier molecular flexibility index (Phi) is 8.26. The van der Waals surface area contributed by atoms with Crippen LogP contribution >= 0.6 is 11.8 Å². The summed E-state index contributed by atoms with van der Waals surface area (Å²) in [6, 6.07) is 12.3. The van der Waals surface area contributed by atoms with Crippen LogP contribution in [0.1, 0.15) is 11.3 Å². The van der Waals surface area contributed by atoms with Crippen LogP contribution in [-0.2, 0) is 11.3 Å². The number of thioether (sulfide) groups is 1. The van der Waals surface area contributed by atoms with Crippen LogP contribution in [0, 0.1) is 6.92 Å². The van der Waals surface area contributed by atoms with E-state index in [1.54, 1.807) is 37.0 Å². The third kappa shape index (κ3) is 7.02. The molecule has 1 aromatic heterocycles. The van der Waals surface area contributed by atoms with Crippen molar-refractivity contribution in [3.63, 3.8) is 0 Å². The lowest BCUT2D eigenvalue weighted by molar-refractivity contribution is -0.127. The van der Waals surface area contributed by atoms with Crippen LogP contribution in [0.5, 0.6) is 0 Å². The van der Waals surface area contributed by atoms with Crippen molar-refractivity contribution in [3.05, 3.63) is 54.0 Å². The number of aliphatic imine (C=N–C) groups is 1. The van der Waals surface area contributed by atoms with Crippen molar-refractivity contribution in [1.82, 2.24) is 15.1 Å². The summed E-state index contributed by atoms with van der Waals surface area (Å²) < 4.78 is 5.37. The summed E-state index contributed by atoms with van der Waals surface area (Å²) in [5.74, 6) is 2.48. The van der Waals surface area contributed by atoms with Gasteiger partial charge in [0.2, 0.25) is 5.91 Å². The normalized spacial score (nSPS) is 11.3. The van der Waals surface area contributed by atoms with Crippen molar-refractivity contribution >= 4 is 23.6 Å². The predicted molar refractivity (Wildman–Crippen MR) is 111 cm³/mol. The van der Waals surface area contributed by atoms with E-state index in [1.807, 2.05) is 43.1 Å². The van der Waals surface area contributed by atoms with Gasteiger partial charge in [-0.05, 0) is 25.1 Å². The van der Waals surface area contributed by atoms with Crippen molar-refractivity contribution in [1.29, 1.82) is 0 Å². The maximum Gasteiger partial charge on any atom is 0.243 e. The van der Waals surface area contributed by atoms with Gasteiger partial charge in [-0.15, -0.1) is 11.8 Å². The van der Waals surface area contributed by atoms with Gasteiger partial charge in [0.25, 0.3) is 0 Å². The van der Waals surface area contributed by atoms with Crippen molar-refractivity contribution < 1.29 is 9.21 Å². The van der Waals surface area contributed by atoms with Gasteiger partial charge in [0, 0.05) is 50.4 Å². The van der Waals surface area contributed by atoms with Crippen LogP contribution < -0.4 is 5.32 Å². The van der Waals surface area contributed by atoms with Gasteiger partial charge in [0.15, 0.2) is 5.96 Å². The second-order valence-electron chi connectivity index (χ2n) is 6.37. The molecule has 0 aliphatic rings. The Balaban J connectivity index is 1.94. The number of hydrogen-bond donors (Lipinski definition) is 1. The van der Waals surface area contributed by atoms with Crippen molar-refractivity contribution in [2.45, 2.75) is 18.4 Å². The Morgan fingerprint density at radius 1 is 1.19 bits per heavy atom. The molecule has 0 radical (unpaired) electrons. The highest BCUT2D eigenvalue weighted by atomic mass is 32.2. The van der Waals surface area contributed by atoms with Gasteiger partial charge in [-0.1, -0.05) is 18.2 Å². The summed E-state index contributed by atoms with van der Waals surface area (Å²) in [5.41, 5.74) is 1.10. The van der Waals surface area contributed by atoms with E-state index in [2.05, 4.69) is 22.4 Å². The Hall–Kier alpha value is -2.41. The zero-order valence-electron chi connectivity index (χ0n) is 16.4. The molecule has 1 N–H and O–H groups in total. The van der Waals surface area contributed by atoms with Crippen molar-refractivity contribution in [3.8, 4) is 0 Å². The third-order valence-electron chi connectivity index (χ3n) is 4.00. The molecule has 2 rings (SSSR count). The lowest BCUT2D eigenvalue weighted by Crippen LogP contribution is -2.40. The summed E-state index contributed by atoms with van der Waals surface area (Å²) in [5, 5.41) is 3.37. The molecule has 0 spiro atoms. The number of hydrogen-bond acceptors (Lipinski definition) is 4. The highest BCUT2D eigenvalue weighted by Gasteiger charge is 2.11. The summed E-state index contributed by atoms with van der Waals surface area (Å²) >= 11 is 1.79. The molecule has 0 fully saturated rings. The molecule has 0 bridgehead atoms. The quantitative estimate of drug-likeness (QED) is 0.326. The summed E-state index contributed by atoms with van der Waals surface area (Å²) in [4.78, 5) is 21.2. The van der Waals surface area contributed by atoms with Crippen LogP contribution in [0.15, 0.2) is 57.0 Å². The van der Waals surface area contributed by atoms with Crippen molar-refractivity contribution in [2.24, 2.45) is 4.99 Å². The first kappa shape index (κ1) is 20.9. The molecule has 7 heteroatoms. The van der Waals surface area contributed by atoms with Gasteiger partial charge in [-0.25, -0.2) is 4.99 Å². The highest BCUT2D eigenvalue weighted by molar-refractivity contribution is 7.99. The maximum atomic E-state index is 11.9. The molecule has 1 amide bonds. The van der Waals surface area contributed by atoms with Crippen molar-refractivity contribution in [2.75, 3.05) is 40.0 Å². The van der Waals surface area contributed by atoms with Crippen LogP contribution in [0.25, 0.3) is 0 Å². The molecule has 6 nitrogen and oxygen atoms in total. The smallest absolute Gasteiger partial charge is 0.243 e. The topological polar surface area (TPSA) is 61.1 Å². The number of guanidine groups is 1. The first-order valence-corrected chi connectivity index (χ1v) is 9.86. The Morgan fingerprint density at radius 3 is 2.56 bits per heavy atom. The van der Waals surface area contributed by atoms with Gasteiger partial charge < -0.3 is 19.5 Å². The lowest BCUT2D eigenvalue weighted by Gasteiger charge is -2.22. The molecule has 27 heavy (non-hydrogen) atoms. The zero-order chi connectivity index (χ0) is 19.6. The fraction of sp³-hybridized carbons (Fsp3) is 0.400. The van der Waals surface area contributed by atoms with E-state index in [4.69, 9.17) is 4.42 Å². The number of carbonyl (C=O) groups is 1. The number of rotatable bonds is 8. The largest absolute Gasteiger partial charge is 0.469 e. The van der Waals surface area contributed by atoms with Crippen LogP contribution in [-0.4, -0.2) is 61.7 Å². The summed E-state index contributed by atoms with van der Waals surface area (Å²) in [7, 11) is 5.43. The first-order valence-electron chi connectivity index (χ1n) is 8.88. The summed E-state index contributed by atoms with van der Waals surface area (Å²) in [6.45, 7) is 3.48. The fourth-order valence-electron chi connectivity index (χ4n) is 2.35. The molecule has 1 heterocycles. The number of carbonyl (C=O) groups excluding carboxylic acids is 1. The predicted octanol–water partition coefficient (Wildman–Crippen LogP) is 2.85. The maximum absolute atomic E-state index is 11.9. The standard InChI is InChI=1S/C20H28N4O2S/c1-16-17(10-12-26-16)15-24(4)20(22-14-19(25)23(2)3)21-11-13-27-18-8-6-5-7-9-18/h5-10,12H,11,13-15H2,1-4H3,(H,21,22). The number of nitrogens with one attached hydrogen (secondary N) is 1. The Labute approximate surface area is 165 Å². The van der Waals surface area contributed by atoms with E-state index in [0.717, 1.165) is 23.6 Å². The lowest BCUT2D eigenvalue weighted by atomic mass is 10.2. The average molecular weight is 389 g/mol. The number of nitrogens with zero attached hydrogens (tertiary/aromatic N) is 3. The molecule has 0 saturated heterocycles. The molecular weight excluding hydrogens is 360 g/mol. The van der Waals surface area contributed by atoms with E-state index in [9.17, 15) is 4.79 Å². The summed E-state index contributed by atoms with van der Waals surface area (Å²) in [6.07, 6.45) is 1.69. The number of amides is 1. The first-order chi connectivity index (χ1) is 13.0. The number of benzene rings is 1. The van der Waals surface area contributed by atoms with Gasteiger partial charge >= 0.3 is 0 Å². The monoisotopic (exact) mass is 388 g/mol. The zero-order valence-corrected chi connectivity index (χ0v) is 17.3. The molecule has 0 aliphatic heterocycles. The van der Waals surface area contributed by atoms with Gasteiger partial charge in [-0.2, -0.15) is 0 Å². The van der Waals surface area contributed by atoms with Crippen LogP contribution in [0.3, 0.4) is 0 Å². The van der Waals surface area contributed by atoms with Gasteiger partial charge in [-0.3, -0.25) is 4.79 Å². The average Bonchev–Trinajstić information content (AvgIpc) is 3.06. The Bertz CT molecular complexity index is 743. The van der Waals surface area contributed by atoms with Gasteiger partial charge in [0.1, 0.15) is 12.3 Å². The molecule has 0 unspecified atom stereocenters. The van der Waals surface area contributed by atoms with E-state index >= 15 is 0 Å². The van der Waals surface area contributed by atoms with E-state index in [-0.39, 0.29) is 12.5 Å². The minimum atomic E-state index is -0.0270. The fourth-order valence-corrected chi connectivity index (χ4v) is 3.14. The molecular formula is C20H28N4O2S. The SMILES string of the molecule is Cc1occc1CN(C)C(=NCC(=O)N(C)C)NCCSc1ccccc1. The highest BCUT2D eigenvalue weighted by Crippen LogP contribution is 2.16. The molecule has 0 saturated carbocycles. The second-order valence-corrected chi connectivity index (χ2v) is 7.54. The third-order valence-corrected chi connectivity index (χ3v) is 5.01. The second kappa shape index (κ2) is 10.7. The Morgan fingerprint density at radius 2 is 1.93 bits per heavy atom. The van der Waals surface area contributed by atoms with E-state index in [0.29, 0.717) is 12.5 Å². The minimum Gasteiger partial charge on any atom is -0.469 e. The molecule has 0 aliphatic carbocycles. The van der Waals surface area contributed by atoms with Gasteiger partial charge in [0.05, 0.1) is 6.26 Å². The van der Waals surface area contributed by atoms with E-state index in [1.165, 1.54) is 4.90 Å². The number of aryl methyl sites for hydroxylation is 1. The van der Waals surface area contributed by atoms with Crippen LogP contribution in [0.4, 0.5) is 0 Å². The minimum absolute atomic E-state index is 0.0270. The number of furan rings is 1. The molecule has 146 valence electrons. The van der Waals surface area contributed by atoms with Crippen LogP contribution in [0.2, 0.25) is 0 Å². The van der Waals surface area contributed by atoms with E-state index < -0.39 is 0 Å². The molecule has 0 atom stereocenters. The number of likely N-dealkylation sites (N-methyl/N-ethyl adjacent to an activating group) is 1. The molecule has 2 aromatic rings.